The number of aliphatic hydroxyl groups excluding tert-OH is 7. The highest BCUT2D eigenvalue weighted by Crippen LogP contribution is 2.30. The molecule has 3 aliphatic heterocycles. The van der Waals surface area contributed by atoms with Gasteiger partial charge in [0.2, 0.25) is 47.3 Å². The van der Waals surface area contributed by atoms with E-state index in [2.05, 4.69) is 37.7 Å². The number of carbonyl (C=O) groups excluding carboxylic acids is 8. The zero-order chi connectivity index (χ0) is 59.6. The number of hydrogen-bond acceptors (Lipinski definition) is 19. The van der Waals surface area contributed by atoms with Crippen molar-refractivity contribution in [3.05, 3.63) is 23.8 Å². The van der Waals surface area contributed by atoms with Gasteiger partial charge in [-0.15, -0.1) is 0 Å². The molecule has 14 atom stereocenters. The predicted octanol–water partition coefficient (Wildman–Crippen LogP) is -3.12. The Kier molecular flexibility index (Phi) is 26.2. The number of carbonyl (C=O) groups is 8. The summed E-state index contributed by atoms with van der Waals surface area (Å²) < 4.78 is 36.6. The molecular weight excluding hydrogens is 1080 g/mol. The minimum Gasteiger partial charge on any atom is -0.504 e. The van der Waals surface area contributed by atoms with Crippen LogP contribution in [0.25, 0.3) is 0 Å². The largest absolute Gasteiger partial charge is 0.504 e. The first kappa shape index (κ1) is 66.7. The average Bonchev–Trinajstić information content (AvgIpc) is 3.92. The minimum atomic E-state index is -5.23. The van der Waals surface area contributed by atoms with Gasteiger partial charge in [0.25, 0.3) is 0 Å². The molecule has 4 rings (SSSR count). The van der Waals surface area contributed by atoms with Crippen molar-refractivity contribution in [1.29, 1.82) is 0 Å². The summed E-state index contributed by atoms with van der Waals surface area (Å²) in [5.41, 5.74) is 5.21. The number of nitrogens with one attached hydrogen (secondary N) is 5. The van der Waals surface area contributed by atoms with Gasteiger partial charge >= 0.3 is 10.4 Å². The van der Waals surface area contributed by atoms with Gasteiger partial charge in [0.15, 0.2) is 17.7 Å². The van der Waals surface area contributed by atoms with Crippen LogP contribution < -0.4 is 36.5 Å². The fourth-order valence-electron chi connectivity index (χ4n) is 10.1. The summed E-state index contributed by atoms with van der Waals surface area (Å²) in [5, 5.41) is 100. The third kappa shape index (κ3) is 20.0. The van der Waals surface area contributed by atoms with Crippen LogP contribution in [0.5, 0.6) is 11.5 Å². The fourth-order valence-corrected chi connectivity index (χ4v) is 10.4. The maximum absolute atomic E-state index is 14.6. The number of phenols is 1. The number of hydrogen-bond donors (Lipinski definition) is 15. The Balaban J connectivity index is 1.71. The van der Waals surface area contributed by atoms with Gasteiger partial charge in [0, 0.05) is 44.7 Å². The maximum Gasteiger partial charge on any atom is 0.446 e. The van der Waals surface area contributed by atoms with Crippen molar-refractivity contribution < 1.29 is 96.4 Å². The third-order valence-corrected chi connectivity index (χ3v) is 14.9. The lowest BCUT2D eigenvalue weighted by Crippen LogP contribution is -2.64. The Morgan fingerprint density at radius 2 is 1.30 bits per heavy atom. The molecule has 28 nitrogen and oxygen atoms in total. The smallest absolute Gasteiger partial charge is 0.446 e. The predicted molar refractivity (Wildman–Crippen MR) is 281 cm³/mol. The molecule has 29 heteroatoms. The highest BCUT2D eigenvalue weighted by molar-refractivity contribution is 7.81. The van der Waals surface area contributed by atoms with Gasteiger partial charge in [-0.05, 0) is 31.0 Å². The molecule has 3 saturated heterocycles. The molecule has 0 saturated carbocycles. The topological polar surface area (TPSA) is 455 Å². The molecule has 0 radical (unpaired) electrons. The molecule has 16 N–H and O–H groups in total. The first-order valence-electron chi connectivity index (χ1n) is 27.3. The van der Waals surface area contributed by atoms with Crippen LogP contribution in [0.2, 0.25) is 0 Å². The van der Waals surface area contributed by atoms with Crippen LogP contribution in [0.4, 0.5) is 0 Å². The van der Waals surface area contributed by atoms with E-state index in [1.807, 2.05) is 0 Å². The molecule has 0 bridgehead atoms. The highest BCUT2D eigenvalue weighted by Gasteiger charge is 2.50. The summed E-state index contributed by atoms with van der Waals surface area (Å²) in [7, 11) is -5.23. The van der Waals surface area contributed by atoms with Crippen LogP contribution in [0, 0.1) is 5.92 Å². The number of rotatable bonds is 24. The molecule has 1 aromatic rings. The van der Waals surface area contributed by atoms with E-state index < -0.39 is 193 Å². The van der Waals surface area contributed by atoms with E-state index in [9.17, 15) is 92.2 Å². The van der Waals surface area contributed by atoms with Crippen LogP contribution in [0.1, 0.15) is 135 Å². The minimum absolute atomic E-state index is 0.0968. The summed E-state index contributed by atoms with van der Waals surface area (Å²) in [5.74, 6) is -12.4. The molecule has 3 aliphatic rings. The summed E-state index contributed by atoms with van der Waals surface area (Å²) in [6.07, 6.45) is -3.75. The second-order valence-electron chi connectivity index (χ2n) is 21.2. The van der Waals surface area contributed by atoms with Gasteiger partial charge in [-0.2, -0.15) is 8.42 Å². The van der Waals surface area contributed by atoms with E-state index in [0.29, 0.717) is 17.7 Å². The monoisotopic (exact) mass is 1160 g/mol. The van der Waals surface area contributed by atoms with Crippen molar-refractivity contribution in [1.82, 2.24) is 36.4 Å². The molecule has 0 unspecified atom stereocenters. The number of phenolic OH excluding ortho intramolecular Hbond substituents is 1. The molecule has 452 valence electrons. The number of benzene rings is 1. The highest BCUT2D eigenvalue weighted by atomic mass is 32.3. The summed E-state index contributed by atoms with van der Waals surface area (Å²) in [6, 6.07) is -9.31. The molecule has 3 heterocycles. The Bertz CT molecular complexity index is 2400. The normalized spacial score (nSPS) is 27.8. The molecule has 8 amide bonds. The van der Waals surface area contributed by atoms with Crippen molar-refractivity contribution >= 4 is 57.7 Å². The maximum atomic E-state index is 14.6. The zero-order valence-electron chi connectivity index (χ0n) is 45.4. The number of nitrogens with zero attached hydrogens (tertiary/aromatic N) is 2. The molecule has 3 fully saturated rings. The average molecular weight is 1160 g/mol. The van der Waals surface area contributed by atoms with E-state index in [4.69, 9.17) is 5.73 Å². The summed E-state index contributed by atoms with van der Waals surface area (Å²) in [4.78, 5) is 113. The number of nitrogens with two attached hydrogens (primary N) is 1. The Hall–Kier alpha value is -5.79. The van der Waals surface area contributed by atoms with Gasteiger partial charge in [-0.1, -0.05) is 97.0 Å². The van der Waals surface area contributed by atoms with Crippen LogP contribution >= 0.6 is 0 Å². The molecule has 0 spiro atoms. The van der Waals surface area contributed by atoms with Crippen molar-refractivity contribution in [3.63, 3.8) is 0 Å². The van der Waals surface area contributed by atoms with Crippen molar-refractivity contribution in [2.75, 3.05) is 13.1 Å². The summed E-state index contributed by atoms with van der Waals surface area (Å²) in [6.45, 7) is 3.55. The fraction of sp³-hybridized carbons (Fsp3) is 0.725. The molecule has 0 aliphatic carbocycles. The van der Waals surface area contributed by atoms with E-state index in [1.54, 1.807) is 0 Å². The van der Waals surface area contributed by atoms with Gasteiger partial charge in [0.1, 0.15) is 42.4 Å². The van der Waals surface area contributed by atoms with Gasteiger partial charge < -0.3 is 87.2 Å². The van der Waals surface area contributed by atoms with E-state index >= 15 is 0 Å². The second-order valence-corrected chi connectivity index (χ2v) is 22.2. The first-order valence-corrected chi connectivity index (χ1v) is 28.7. The number of aromatic hydroxyl groups is 1. The van der Waals surface area contributed by atoms with Gasteiger partial charge in [-0.3, -0.25) is 42.9 Å². The number of amides is 8. The quantitative estimate of drug-likeness (QED) is 0.0360. The molecule has 80 heavy (non-hydrogen) atoms. The van der Waals surface area contributed by atoms with Crippen LogP contribution in [0.3, 0.4) is 0 Å². The number of fused-ring (bicyclic) bond motifs is 2. The SMILES string of the molecule is CCCCCCCCCCCCCCCC(=O)N[C@@H]1C[C@@H](O)[C@H](O)NC(=O)[C@H]2[C@H](O)[C@@H](C)CN2C(=O)[C@@H]([C@@H](O)CC(N)=O)NC(=O)[C@H]([C@H](O)Cc2ccc(O)c(OS(=O)(=O)O)c2)NC(=O)[C@H]2C[C@H](O)CN2C(=O)[C@@H]([C@@H](C)O)NC1=O. The van der Waals surface area contributed by atoms with Crippen molar-refractivity contribution in [2.24, 2.45) is 11.7 Å². The van der Waals surface area contributed by atoms with Crippen molar-refractivity contribution in [3.8, 4) is 11.5 Å². The van der Waals surface area contributed by atoms with E-state index in [-0.39, 0.29) is 12.0 Å². The Morgan fingerprint density at radius 3 is 1.88 bits per heavy atom. The molecule has 0 aromatic heterocycles. The van der Waals surface area contributed by atoms with Gasteiger partial charge in [0.05, 0.1) is 36.9 Å². The lowest BCUT2D eigenvalue weighted by molar-refractivity contribution is -0.148. The molecular formula is C51H82N8O20S. The van der Waals surface area contributed by atoms with E-state index in [0.717, 1.165) is 62.1 Å². The second kappa shape index (κ2) is 31.4. The van der Waals surface area contributed by atoms with Crippen LogP contribution in [-0.2, 0) is 55.2 Å². The number of unbranched alkanes of at least 4 members (excludes halogenated alkanes) is 12. The third-order valence-electron chi connectivity index (χ3n) is 14.5. The Labute approximate surface area is 464 Å². The molecule has 1 aromatic carbocycles. The van der Waals surface area contributed by atoms with Crippen LogP contribution in [-0.4, -0.2) is 203 Å². The summed E-state index contributed by atoms with van der Waals surface area (Å²) >= 11 is 0. The number of primary amides is 1. The number of aliphatic hydroxyl groups is 7. The standard InChI is InChI=1S/C51H82N8O20S/c1-4-5-6-7-8-9-10-11-12-13-14-15-16-17-39(67)53-31-23-36(65)47(71)57-49(73)43-44(68)27(2)25-59(43)51(75)42(35(64)24-38(52)66)56-48(72)41(34(63)20-29-18-19-33(62)37(21-29)79-80(76,77)78)55-46(70)32-22-30(61)26-58(32)50(74)40(28(3)60)54-45(31)69/h18-19,21,27-28,30-32,34-36,40-44,47,60-65,68,71H,4-17,20,22-26H2,1-3H3,(H2,52,66)(H,53,67)(H,54,69)(H,55,70)(H,56,72)(H,57,73)(H,76,77,78)/t27-,28+,30-,31+,32+,34+,35-,36+,40+,41-,42+,43+,44+,47-/m0/s1. The zero-order valence-corrected chi connectivity index (χ0v) is 46.2. The first-order chi connectivity index (χ1) is 37.6. The van der Waals surface area contributed by atoms with Crippen molar-refractivity contribution in [2.45, 2.75) is 215 Å². The lowest BCUT2D eigenvalue weighted by atomic mass is 9.98. The van der Waals surface area contributed by atoms with Gasteiger partial charge in [-0.25, -0.2) is 0 Å². The lowest BCUT2D eigenvalue weighted by Gasteiger charge is -2.34. The Morgan fingerprint density at radius 1 is 0.738 bits per heavy atom. The van der Waals surface area contributed by atoms with E-state index in [1.165, 1.54) is 45.4 Å². The van der Waals surface area contributed by atoms with Crippen LogP contribution in [0.15, 0.2) is 18.2 Å².